The molecule has 0 unspecified atom stereocenters. The van der Waals surface area contributed by atoms with Gasteiger partial charge in [0.15, 0.2) is 0 Å². The molecule has 0 aliphatic heterocycles. The van der Waals surface area contributed by atoms with Crippen LogP contribution >= 0.6 is 0 Å². The molecule has 0 spiro atoms. The second-order valence-electron chi connectivity index (χ2n) is 4.41. The molecule has 0 saturated carbocycles. The summed E-state index contributed by atoms with van der Waals surface area (Å²) < 4.78 is 10.6. The molecule has 1 heterocycles. The maximum atomic E-state index is 5.75. The maximum absolute atomic E-state index is 5.75. The Morgan fingerprint density at radius 3 is 2.50 bits per heavy atom. The quantitative estimate of drug-likeness (QED) is 0.904. The first kappa shape index (κ1) is 12.6. The molecule has 0 fully saturated rings. The molecule has 2 aromatic rings. The van der Waals surface area contributed by atoms with Crippen molar-refractivity contribution in [2.45, 2.75) is 27.3 Å². The second kappa shape index (κ2) is 4.82. The SMILES string of the molecule is COc1cc(C)c(C)cc1-c1noc(C)c1CN. The summed E-state index contributed by atoms with van der Waals surface area (Å²) in [5.41, 5.74) is 10.8. The molecule has 0 atom stereocenters. The highest BCUT2D eigenvalue weighted by atomic mass is 16.5. The number of nitrogens with two attached hydrogens (primary N) is 1. The monoisotopic (exact) mass is 246 g/mol. The Bertz CT molecular complexity index is 573. The van der Waals surface area contributed by atoms with Crippen LogP contribution in [0.5, 0.6) is 5.75 Å². The van der Waals surface area contributed by atoms with Crippen molar-refractivity contribution in [3.63, 3.8) is 0 Å². The number of hydrogen-bond acceptors (Lipinski definition) is 4. The first-order valence-corrected chi connectivity index (χ1v) is 5.89. The summed E-state index contributed by atoms with van der Waals surface area (Å²) >= 11 is 0. The van der Waals surface area contributed by atoms with E-state index in [1.165, 1.54) is 11.1 Å². The van der Waals surface area contributed by atoms with Gasteiger partial charge < -0.3 is 15.0 Å². The minimum absolute atomic E-state index is 0.404. The third-order valence-electron chi connectivity index (χ3n) is 3.26. The fraction of sp³-hybridized carbons (Fsp3) is 0.357. The van der Waals surface area contributed by atoms with Gasteiger partial charge in [-0.1, -0.05) is 5.16 Å². The largest absolute Gasteiger partial charge is 0.496 e. The first-order valence-electron chi connectivity index (χ1n) is 5.89. The van der Waals surface area contributed by atoms with Gasteiger partial charge in [-0.2, -0.15) is 0 Å². The highest BCUT2D eigenvalue weighted by Crippen LogP contribution is 2.34. The van der Waals surface area contributed by atoms with Gasteiger partial charge in [0.05, 0.1) is 7.11 Å². The van der Waals surface area contributed by atoms with Crippen LogP contribution in [-0.2, 0) is 6.54 Å². The Morgan fingerprint density at radius 1 is 1.22 bits per heavy atom. The van der Waals surface area contributed by atoms with Crippen molar-refractivity contribution in [1.82, 2.24) is 5.16 Å². The fourth-order valence-corrected chi connectivity index (χ4v) is 1.99. The Morgan fingerprint density at radius 2 is 1.89 bits per heavy atom. The summed E-state index contributed by atoms with van der Waals surface area (Å²) in [7, 11) is 1.66. The van der Waals surface area contributed by atoms with Crippen LogP contribution in [0.3, 0.4) is 0 Å². The van der Waals surface area contributed by atoms with E-state index in [1.807, 2.05) is 13.0 Å². The summed E-state index contributed by atoms with van der Waals surface area (Å²) in [6, 6.07) is 4.07. The van der Waals surface area contributed by atoms with Crippen LogP contribution in [0.2, 0.25) is 0 Å². The Kier molecular flexibility index (Phi) is 3.39. The van der Waals surface area contributed by atoms with Gasteiger partial charge in [0, 0.05) is 17.7 Å². The summed E-state index contributed by atoms with van der Waals surface area (Å²) in [5, 5.41) is 4.10. The van der Waals surface area contributed by atoms with Gasteiger partial charge in [0.2, 0.25) is 0 Å². The van der Waals surface area contributed by atoms with Crippen molar-refractivity contribution in [3.05, 3.63) is 34.6 Å². The van der Waals surface area contributed by atoms with Gasteiger partial charge >= 0.3 is 0 Å². The molecule has 4 nitrogen and oxygen atoms in total. The minimum Gasteiger partial charge on any atom is -0.496 e. The van der Waals surface area contributed by atoms with E-state index in [4.69, 9.17) is 15.0 Å². The lowest BCUT2D eigenvalue weighted by Gasteiger charge is -2.10. The molecule has 4 heteroatoms. The van der Waals surface area contributed by atoms with Gasteiger partial charge in [-0.05, 0) is 44.0 Å². The standard InChI is InChI=1S/C14H18N2O2/c1-8-5-11(13(17-4)6-9(8)2)14-12(7-15)10(3)18-16-14/h5-6H,7,15H2,1-4H3. The van der Waals surface area contributed by atoms with Gasteiger partial charge in [-0.15, -0.1) is 0 Å². The Labute approximate surface area is 107 Å². The van der Waals surface area contributed by atoms with Crippen LogP contribution in [0.4, 0.5) is 0 Å². The molecule has 2 N–H and O–H groups in total. The van der Waals surface area contributed by atoms with E-state index in [1.54, 1.807) is 7.11 Å². The smallest absolute Gasteiger partial charge is 0.138 e. The highest BCUT2D eigenvalue weighted by Gasteiger charge is 2.17. The Balaban J connectivity index is 2.66. The number of aryl methyl sites for hydroxylation is 3. The number of benzene rings is 1. The lowest BCUT2D eigenvalue weighted by molar-refractivity contribution is 0.396. The average molecular weight is 246 g/mol. The van der Waals surface area contributed by atoms with E-state index in [-0.39, 0.29) is 0 Å². The number of rotatable bonds is 3. The molecular weight excluding hydrogens is 228 g/mol. The average Bonchev–Trinajstić information content (AvgIpc) is 2.73. The summed E-state index contributed by atoms with van der Waals surface area (Å²) in [6.45, 7) is 6.39. The van der Waals surface area contributed by atoms with Crippen LogP contribution in [0.1, 0.15) is 22.5 Å². The number of ether oxygens (including phenoxy) is 1. The molecular formula is C14H18N2O2. The van der Waals surface area contributed by atoms with Crippen molar-refractivity contribution in [2.75, 3.05) is 7.11 Å². The van der Waals surface area contributed by atoms with E-state index in [9.17, 15) is 0 Å². The zero-order valence-corrected chi connectivity index (χ0v) is 11.2. The van der Waals surface area contributed by atoms with Gasteiger partial charge in [-0.3, -0.25) is 0 Å². The van der Waals surface area contributed by atoms with Crippen LogP contribution in [0, 0.1) is 20.8 Å². The summed E-state index contributed by atoms with van der Waals surface area (Å²) in [4.78, 5) is 0. The molecule has 0 saturated heterocycles. The molecule has 1 aromatic carbocycles. The highest BCUT2D eigenvalue weighted by molar-refractivity contribution is 5.71. The molecule has 96 valence electrons. The molecule has 0 radical (unpaired) electrons. The fourth-order valence-electron chi connectivity index (χ4n) is 1.99. The van der Waals surface area contributed by atoms with E-state index in [0.29, 0.717) is 6.54 Å². The topological polar surface area (TPSA) is 61.3 Å². The zero-order chi connectivity index (χ0) is 13.3. The normalized spacial score (nSPS) is 10.7. The third-order valence-corrected chi connectivity index (χ3v) is 3.26. The number of hydrogen-bond donors (Lipinski definition) is 1. The van der Waals surface area contributed by atoms with E-state index < -0.39 is 0 Å². The predicted octanol–water partition coefficient (Wildman–Crippen LogP) is 2.73. The second-order valence-corrected chi connectivity index (χ2v) is 4.41. The van der Waals surface area contributed by atoms with Crippen molar-refractivity contribution in [2.24, 2.45) is 5.73 Å². The van der Waals surface area contributed by atoms with Crippen molar-refractivity contribution in [1.29, 1.82) is 0 Å². The van der Waals surface area contributed by atoms with E-state index in [2.05, 4.69) is 25.1 Å². The summed E-state index contributed by atoms with van der Waals surface area (Å²) in [5.74, 6) is 1.55. The van der Waals surface area contributed by atoms with E-state index in [0.717, 1.165) is 28.3 Å². The zero-order valence-electron chi connectivity index (χ0n) is 11.2. The van der Waals surface area contributed by atoms with Crippen molar-refractivity contribution in [3.8, 4) is 17.0 Å². The number of aromatic nitrogens is 1. The van der Waals surface area contributed by atoms with Gasteiger partial charge in [-0.25, -0.2) is 0 Å². The molecule has 2 rings (SSSR count). The maximum Gasteiger partial charge on any atom is 0.138 e. The molecule has 0 aliphatic carbocycles. The third kappa shape index (κ3) is 1.99. The molecule has 0 bridgehead atoms. The van der Waals surface area contributed by atoms with Crippen molar-refractivity contribution < 1.29 is 9.26 Å². The van der Waals surface area contributed by atoms with E-state index >= 15 is 0 Å². The lowest BCUT2D eigenvalue weighted by Crippen LogP contribution is -2.00. The molecule has 0 amide bonds. The molecule has 1 aromatic heterocycles. The van der Waals surface area contributed by atoms with Crippen LogP contribution in [0.25, 0.3) is 11.3 Å². The minimum atomic E-state index is 0.404. The number of nitrogens with zero attached hydrogens (tertiary/aromatic N) is 1. The number of methoxy groups -OCH3 is 1. The predicted molar refractivity (Wildman–Crippen MR) is 70.6 cm³/mol. The van der Waals surface area contributed by atoms with Gasteiger partial charge in [0.25, 0.3) is 0 Å². The lowest BCUT2D eigenvalue weighted by atomic mass is 10.00. The summed E-state index contributed by atoms with van der Waals surface area (Å²) in [6.07, 6.45) is 0. The van der Waals surface area contributed by atoms with Crippen LogP contribution in [0.15, 0.2) is 16.7 Å². The van der Waals surface area contributed by atoms with Crippen LogP contribution < -0.4 is 10.5 Å². The van der Waals surface area contributed by atoms with Crippen LogP contribution in [-0.4, -0.2) is 12.3 Å². The first-order chi connectivity index (χ1) is 8.58. The molecule has 18 heavy (non-hydrogen) atoms. The van der Waals surface area contributed by atoms with Gasteiger partial charge in [0.1, 0.15) is 17.2 Å². The van der Waals surface area contributed by atoms with Crippen molar-refractivity contribution >= 4 is 0 Å². The molecule has 0 aliphatic rings. The Hall–Kier alpha value is -1.81.